The van der Waals surface area contributed by atoms with E-state index in [4.69, 9.17) is 4.74 Å². The molecule has 0 amide bonds. The summed E-state index contributed by atoms with van der Waals surface area (Å²) in [6.45, 7) is 11.8. The Bertz CT molecular complexity index is 292. The molecule has 0 radical (unpaired) electrons. The van der Waals surface area contributed by atoms with Crippen LogP contribution in [-0.2, 0) is 9.53 Å². The number of hydrogen-bond donors (Lipinski definition) is 1. The number of thioether (sulfide) groups is 1. The van der Waals surface area contributed by atoms with Crippen molar-refractivity contribution in [1.29, 1.82) is 0 Å². The first kappa shape index (κ1) is 15.8. The molecule has 1 aliphatic heterocycles. The highest BCUT2D eigenvalue weighted by Gasteiger charge is 2.53. The van der Waals surface area contributed by atoms with E-state index < -0.39 is 5.54 Å². The van der Waals surface area contributed by atoms with Gasteiger partial charge in [-0.1, -0.05) is 27.7 Å². The lowest BCUT2D eigenvalue weighted by Gasteiger charge is -2.48. The Morgan fingerprint density at radius 3 is 2.61 bits per heavy atom. The van der Waals surface area contributed by atoms with Gasteiger partial charge in [0.2, 0.25) is 0 Å². The quantitative estimate of drug-likeness (QED) is 0.782. The molecule has 0 aromatic carbocycles. The minimum Gasteiger partial charge on any atom is -0.465 e. The van der Waals surface area contributed by atoms with Crippen molar-refractivity contribution in [3.8, 4) is 0 Å². The lowest BCUT2D eigenvalue weighted by Crippen LogP contribution is -2.66. The fourth-order valence-electron chi connectivity index (χ4n) is 2.29. The summed E-state index contributed by atoms with van der Waals surface area (Å²) in [5.41, 5.74) is -0.588. The van der Waals surface area contributed by atoms with E-state index in [9.17, 15) is 4.79 Å². The monoisotopic (exact) mass is 273 g/mol. The third kappa shape index (κ3) is 3.21. The number of ether oxygens (including phenoxy) is 1. The minimum absolute atomic E-state index is 0.0562. The van der Waals surface area contributed by atoms with Gasteiger partial charge in [0.25, 0.3) is 0 Å². The van der Waals surface area contributed by atoms with Crippen LogP contribution < -0.4 is 5.32 Å². The topological polar surface area (TPSA) is 38.3 Å². The zero-order valence-electron chi connectivity index (χ0n) is 12.3. The maximum atomic E-state index is 12.5. The molecule has 0 aromatic rings. The fraction of sp³-hybridized carbons (Fsp3) is 0.929. The Morgan fingerprint density at radius 1 is 1.44 bits per heavy atom. The first-order valence-corrected chi connectivity index (χ1v) is 8.01. The van der Waals surface area contributed by atoms with Gasteiger partial charge in [0.05, 0.1) is 6.61 Å². The third-order valence-corrected chi connectivity index (χ3v) is 4.91. The Balaban J connectivity index is 2.94. The second kappa shape index (κ2) is 6.29. The van der Waals surface area contributed by atoms with Crippen molar-refractivity contribution in [2.75, 3.05) is 24.7 Å². The number of carbonyl (C=O) groups excluding carboxylic acids is 1. The summed E-state index contributed by atoms with van der Waals surface area (Å²) >= 11 is 1.85. The van der Waals surface area contributed by atoms with Gasteiger partial charge in [0.15, 0.2) is 0 Å². The molecule has 1 atom stereocenters. The van der Waals surface area contributed by atoms with Gasteiger partial charge in [-0.3, -0.25) is 0 Å². The van der Waals surface area contributed by atoms with E-state index in [1.807, 2.05) is 18.7 Å². The highest BCUT2D eigenvalue weighted by molar-refractivity contribution is 7.99. The van der Waals surface area contributed by atoms with E-state index in [0.29, 0.717) is 12.5 Å². The number of rotatable bonds is 5. The van der Waals surface area contributed by atoms with Gasteiger partial charge in [-0.2, -0.15) is 11.8 Å². The molecule has 0 aliphatic carbocycles. The zero-order chi connectivity index (χ0) is 13.8. The molecule has 1 unspecified atom stereocenters. The third-order valence-electron chi connectivity index (χ3n) is 3.78. The Morgan fingerprint density at radius 2 is 2.11 bits per heavy atom. The molecule has 1 heterocycles. The molecule has 1 saturated heterocycles. The number of hydrogen-bond acceptors (Lipinski definition) is 4. The van der Waals surface area contributed by atoms with Gasteiger partial charge in [0, 0.05) is 5.75 Å². The van der Waals surface area contributed by atoms with E-state index >= 15 is 0 Å². The average molecular weight is 273 g/mol. The van der Waals surface area contributed by atoms with Crippen LogP contribution in [0.2, 0.25) is 0 Å². The average Bonchev–Trinajstić information content (AvgIpc) is 2.27. The van der Waals surface area contributed by atoms with Crippen molar-refractivity contribution >= 4 is 17.7 Å². The Kier molecular flexibility index (Phi) is 5.53. The predicted molar refractivity (Wildman–Crippen MR) is 77.9 cm³/mol. The molecule has 0 bridgehead atoms. The van der Waals surface area contributed by atoms with Gasteiger partial charge in [-0.05, 0) is 37.0 Å². The molecule has 1 fully saturated rings. The summed E-state index contributed by atoms with van der Waals surface area (Å²) in [5.74, 6) is 2.38. The van der Waals surface area contributed by atoms with Crippen molar-refractivity contribution in [3.63, 3.8) is 0 Å². The molecule has 4 heteroatoms. The normalized spacial score (nSPS) is 27.2. The van der Waals surface area contributed by atoms with E-state index in [-0.39, 0.29) is 11.4 Å². The highest BCUT2D eigenvalue weighted by atomic mass is 32.2. The smallest absolute Gasteiger partial charge is 0.327 e. The second-order valence-electron chi connectivity index (χ2n) is 6.09. The van der Waals surface area contributed by atoms with Crippen LogP contribution in [0.5, 0.6) is 0 Å². The number of nitrogens with one attached hydrogen (secondary N) is 1. The minimum atomic E-state index is -0.532. The molecule has 0 aromatic heterocycles. The van der Waals surface area contributed by atoms with Crippen LogP contribution in [0.1, 0.15) is 41.0 Å². The molecule has 3 nitrogen and oxygen atoms in total. The van der Waals surface area contributed by atoms with Crippen LogP contribution in [0.3, 0.4) is 0 Å². The van der Waals surface area contributed by atoms with E-state index in [2.05, 4.69) is 33.0 Å². The van der Waals surface area contributed by atoms with Crippen LogP contribution >= 0.6 is 11.8 Å². The summed E-state index contributed by atoms with van der Waals surface area (Å²) < 4.78 is 5.34. The van der Waals surface area contributed by atoms with E-state index in [0.717, 1.165) is 24.5 Å². The van der Waals surface area contributed by atoms with Crippen LogP contribution in [0.15, 0.2) is 0 Å². The largest absolute Gasteiger partial charge is 0.465 e. The summed E-state index contributed by atoms with van der Waals surface area (Å²) in [6, 6.07) is 0. The van der Waals surface area contributed by atoms with Crippen molar-refractivity contribution in [2.45, 2.75) is 46.6 Å². The SMILES string of the molecule is CCOC(=O)C1(NCC(C)C)CSCCC1(C)C. The molecule has 0 spiro atoms. The lowest BCUT2D eigenvalue weighted by atomic mass is 9.70. The molecular formula is C14H27NO2S. The van der Waals surface area contributed by atoms with Gasteiger partial charge >= 0.3 is 5.97 Å². The lowest BCUT2D eigenvalue weighted by molar-refractivity contribution is -0.156. The van der Waals surface area contributed by atoms with Crippen molar-refractivity contribution in [1.82, 2.24) is 5.32 Å². The summed E-state index contributed by atoms with van der Waals surface area (Å²) in [7, 11) is 0. The number of esters is 1. The maximum absolute atomic E-state index is 12.5. The van der Waals surface area contributed by atoms with Crippen molar-refractivity contribution in [2.24, 2.45) is 11.3 Å². The highest BCUT2D eigenvalue weighted by Crippen LogP contribution is 2.43. The molecule has 106 valence electrons. The molecule has 1 aliphatic rings. The zero-order valence-corrected chi connectivity index (χ0v) is 13.2. The van der Waals surface area contributed by atoms with Gasteiger partial charge in [-0.25, -0.2) is 4.79 Å². The van der Waals surface area contributed by atoms with Crippen LogP contribution in [0.4, 0.5) is 0 Å². The Hall–Kier alpha value is -0.220. The Labute approximate surface area is 115 Å². The first-order chi connectivity index (χ1) is 8.35. The van der Waals surface area contributed by atoms with E-state index in [1.54, 1.807) is 0 Å². The van der Waals surface area contributed by atoms with Gasteiger partial charge in [-0.15, -0.1) is 0 Å². The van der Waals surface area contributed by atoms with Gasteiger partial charge in [0.1, 0.15) is 5.54 Å². The summed E-state index contributed by atoms with van der Waals surface area (Å²) in [6.07, 6.45) is 1.04. The molecule has 0 saturated carbocycles. The van der Waals surface area contributed by atoms with Crippen LogP contribution in [-0.4, -0.2) is 36.2 Å². The molecular weight excluding hydrogens is 246 g/mol. The van der Waals surface area contributed by atoms with Crippen LogP contribution in [0, 0.1) is 11.3 Å². The van der Waals surface area contributed by atoms with Crippen LogP contribution in [0.25, 0.3) is 0 Å². The fourth-order valence-corrected chi connectivity index (χ4v) is 4.01. The van der Waals surface area contributed by atoms with Gasteiger partial charge < -0.3 is 10.1 Å². The van der Waals surface area contributed by atoms with E-state index in [1.165, 1.54) is 0 Å². The number of carbonyl (C=O) groups is 1. The maximum Gasteiger partial charge on any atom is 0.327 e. The predicted octanol–water partition coefficient (Wildman–Crippen LogP) is 2.70. The standard InChI is InChI=1S/C14H27NO2S/c1-6-17-12(16)14(15-9-11(2)3)10-18-8-7-13(14,4)5/h11,15H,6-10H2,1-5H3. The second-order valence-corrected chi connectivity index (χ2v) is 7.19. The summed E-state index contributed by atoms with van der Waals surface area (Å²) in [5, 5.41) is 3.51. The van der Waals surface area contributed by atoms with Crippen molar-refractivity contribution < 1.29 is 9.53 Å². The summed E-state index contributed by atoms with van der Waals surface area (Å²) in [4.78, 5) is 12.5. The molecule has 1 rings (SSSR count). The molecule has 1 N–H and O–H groups in total. The first-order valence-electron chi connectivity index (χ1n) is 6.85. The molecule has 18 heavy (non-hydrogen) atoms. The van der Waals surface area contributed by atoms with Crippen molar-refractivity contribution in [3.05, 3.63) is 0 Å².